The van der Waals surface area contributed by atoms with E-state index in [1.54, 1.807) is 7.11 Å². The smallest absolute Gasteiger partial charge is 0.322 e. The highest BCUT2D eigenvalue weighted by molar-refractivity contribution is 5.35. The molecule has 2 N–H and O–H groups in total. The quantitative estimate of drug-likeness (QED) is 0.755. The Morgan fingerprint density at radius 1 is 1.12 bits per heavy atom. The van der Waals surface area contributed by atoms with Gasteiger partial charge < -0.3 is 15.4 Å². The van der Waals surface area contributed by atoms with Crippen molar-refractivity contribution in [2.75, 3.05) is 30.8 Å². The molecule has 0 aliphatic heterocycles. The first-order chi connectivity index (χ1) is 8.19. The van der Waals surface area contributed by atoms with E-state index in [9.17, 15) is 0 Å². The lowest BCUT2D eigenvalue weighted by atomic mass is 10.1. The Morgan fingerprint density at radius 2 is 1.76 bits per heavy atom. The fourth-order valence-electron chi connectivity index (χ4n) is 1.17. The zero-order valence-electron chi connectivity index (χ0n) is 10.9. The van der Waals surface area contributed by atoms with Crippen LogP contribution < -0.4 is 15.4 Å². The minimum atomic E-state index is 0.322. The largest absolute Gasteiger partial charge is 0.467 e. The fraction of sp³-hybridized carbons (Fsp3) is 0.727. The highest BCUT2D eigenvalue weighted by Gasteiger charge is 2.06. The van der Waals surface area contributed by atoms with E-state index in [0.29, 0.717) is 23.8 Å². The highest BCUT2D eigenvalue weighted by atomic mass is 16.5. The second-order valence-corrected chi connectivity index (χ2v) is 3.89. The zero-order chi connectivity index (χ0) is 12.7. The average molecular weight is 239 g/mol. The summed E-state index contributed by atoms with van der Waals surface area (Å²) in [5.41, 5.74) is 0. The fourth-order valence-corrected chi connectivity index (χ4v) is 1.17. The SMILES string of the molecule is CCNc1nc(NCC(C)CC)nc(OC)n1. The van der Waals surface area contributed by atoms with Gasteiger partial charge in [-0.2, -0.15) is 15.0 Å². The van der Waals surface area contributed by atoms with Gasteiger partial charge in [0.2, 0.25) is 11.9 Å². The number of hydrogen-bond acceptors (Lipinski definition) is 6. The van der Waals surface area contributed by atoms with Crippen molar-refractivity contribution < 1.29 is 4.74 Å². The van der Waals surface area contributed by atoms with E-state index in [0.717, 1.165) is 19.5 Å². The Bertz CT molecular complexity index is 345. The van der Waals surface area contributed by atoms with Gasteiger partial charge >= 0.3 is 6.01 Å². The molecule has 1 atom stereocenters. The van der Waals surface area contributed by atoms with E-state index in [2.05, 4.69) is 39.4 Å². The molecule has 0 bridgehead atoms. The molecule has 6 nitrogen and oxygen atoms in total. The van der Waals surface area contributed by atoms with Crippen LogP contribution in [0, 0.1) is 5.92 Å². The van der Waals surface area contributed by atoms with E-state index in [-0.39, 0.29) is 0 Å². The van der Waals surface area contributed by atoms with Crippen LogP contribution in [0.2, 0.25) is 0 Å². The molecule has 0 aromatic carbocycles. The molecule has 17 heavy (non-hydrogen) atoms. The number of nitrogens with one attached hydrogen (secondary N) is 2. The van der Waals surface area contributed by atoms with Gasteiger partial charge in [-0.15, -0.1) is 0 Å². The Kier molecular flexibility index (Phi) is 5.45. The second-order valence-electron chi connectivity index (χ2n) is 3.89. The van der Waals surface area contributed by atoms with Gasteiger partial charge in [0.05, 0.1) is 7.11 Å². The lowest BCUT2D eigenvalue weighted by molar-refractivity contribution is 0.379. The molecule has 1 rings (SSSR count). The lowest BCUT2D eigenvalue weighted by Gasteiger charge is -2.11. The number of hydrogen-bond donors (Lipinski definition) is 2. The molecule has 0 saturated heterocycles. The predicted molar refractivity (Wildman–Crippen MR) is 68.5 cm³/mol. The minimum Gasteiger partial charge on any atom is -0.467 e. The van der Waals surface area contributed by atoms with E-state index >= 15 is 0 Å². The van der Waals surface area contributed by atoms with Crippen molar-refractivity contribution in [2.24, 2.45) is 5.92 Å². The molecule has 0 aliphatic carbocycles. The maximum absolute atomic E-state index is 5.03. The summed E-state index contributed by atoms with van der Waals surface area (Å²) < 4.78 is 5.03. The first kappa shape index (κ1) is 13.5. The van der Waals surface area contributed by atoms with Crippen LogP contribution in [-0.4, -0.2) is 35.2 Å². The monoisotopic (exact) mass is 239 g/mol. The van der Waals surface area contributed by atoms with Gasteiger partial charge in [-0.05, 0) is 12.8 Å². The minimum absolute atomic E-state index is 0.322. The molecular formula is C11H21N5O. The average Bonchev–Trinajstić information content (AvgIpc) is 2.36. The molecule has 1 heterocycles. The second kappa shape index (κ2) is 6.88. The van der Waals surface area contributed by atoms with Crippen molar-refractivity contribution in [3.8, 4) is 6.01 Å². The summed E-state index contributed by atoms with van der Waals surface area (Å²) in [4.78, 5) is 12.5. The Morgan fingerprint density at radius 3 is 2.29 bits per heavy atom. The molecule has 1 unspecified atom stereocenters. The first-order valence-electron chi connectivity index (χ1n) is 5.97. The van der Waals surface area contributed by atoms with Crippen LogP contribution in [0.1, 0.15) is 27.2 Å². The van der Waals surface area contributed by atoms with Gasteiger partial charge in [-0.3, -0.25) is 0 Å². The zero-order valence-corrected chi connectivity index (χ0v) is 10.9. The molecule has 0 aliphatic rings. The van der Waals surface area contributed by atoms with Crippen LogP contribution >= 0.6 is 0 Å². The van der Waals surface area contributed by atoms with Gasteiger partial charge in [-0.25, -0.2) is 0 Å². The number of nitrogens with zero attached hydrogens (tertiary/aromatic N) is 3. The van der Waals surface area contributed by atoms with Gasteiger partial charge in [0.25, 0.3) is 0 Å². The number of rotatable bonds is 7. The molecule has 0 amide bonds. The highest BCUT2D eigenvalue weighted by Crippen LogP contribution is 2.11. The number of anilines is 2. The third-order valence-electron chi connectivity index (χ3n) is 2.44. The van der Waals surface area contributed by atoms with Crippen LogP contribution in [0.15, 0.2) is 0 Å². The van der Waals surface area contributed by atoms with E-state index in [1.807, 2.05) is 6.92 Å². The van der Waals surface area contributed by atoms with Crippen LogP contribution in [0.25, 0.3) is 0 Å². The summed E-state index contributed by atoms with van der Waals surface area (Å²) in [6.07, 6.45) is 1.12. The van der Waals surface area contributed by atoms with Crippen molar-refractivity contribution in [3.05, 3.63) is 0 Å². The Balaban J connectivity index is 2.72. The summed E-state index contributed by atoms with van der Waals surface area (Å²) in [6, 6.07) is 0.322. The van der Waals surface area contributed by atoms with Crippen molar-refractivity contribution in [1.29, 1.82) is 0 Å². The van der Waals surface area contributed by atoms with Crippen molar-refractivity contribution in [1.82, 2.24) is 15.0 Å². The molecule has 96 valence electrons. The first-order valence-corrected chi connectivity index (χ1v) is 5.97. The van der Waals surface area contributed by atoms with Crippen LogP contribution in [0.3, 0.4) is 0 Å². The molecule has 0 fully saturated rings. The van der Waals surface area contributed by atoms with Crippen LogP contribution in [0.5, 0.6) is 6.01 Å². The third-order valence-corrected chi connectivity index (χ3v) is 2.44. The number of ether oxygens (including phenoxy) is 1. The summed E-state index contributed by atoms with van der Waals surface area (Å²) in [7, 11) is 1.55. The van der Waals surface area contributed by atoms with Crippen LogP contribution in [0.4, 0.5) is 11.9 Å². The van der Waals surface area contributed by atoms with Gasteiger partial charge in [-0.1, -0.05) is 20.3 Å². The van der Waals surface area contributed by atoms with Gasteiger partial charge in [0.15, 0.2) is 0 Å². The van der Waals surface area contributed by atoms with Gasteiger partial charge in [0, 0.05) is 13.1 Å². The van der Waals surface area contributed by atoms with Gasteiger partial charge in [0.1, 0.15) is 0 Å². The summed E-state index contributed by atoms with van der Waals surface area (Å²) in [5.74, 6) is 1.67. The van der Waals surface area contributed by atoms with E-state index in [4.69, 9.17) is 4.74 Å². The van der Waals surface area contributed by atoms with E-state index < -0.39 is 0 Å². The molecule has 6 heteroatoms. The summed E-state index contributed by atoms with van der Waals surface area (Å²) in [6.45, 7) is 7.93. The van der Waals surface area contributed by atoms with Crippen molar-refractivity contribution >= 4 is 11.9 Å². The molecular weight excluding hydrogens is 218 g/mol. The Hall–Kier alpha value is -1.59. The maximum atomic E-state index is 5.03. The lowest BCUT2D eigenvalue weighted by Crippen LogP contribution is -2.14. The molecule has 1 aromatic rings. The van der Waals surface area contributed by atoms with Crippen molar-refractivity contribution in [3.63, 3.8) is 0 Å². The molecule has 0 spiro atoms. The summed E-state index contributed by atoms with van der Waals surface area (Å²) in [5, 5.41) is 6.23. The maximum Gasteiger partial charge on any atom is 0.322 e. The topological polar surface area (TPSA) is 72.0 Å². The molecule has 0 saturated carbocycles. The molecule has 1 aromatic heterocycles. The number of aromatic nitrogens is 3. The number of methoxy groups -OCH3 is 1. The standard InChI is InChI=1S/C11H21N5O/c1-5-8(3)7-13-10-14-9(12-6-2)15-11(16-10)17-4/h8H,5-7H2,1-4H3,(H2,12,13,14,15,16). The Labute approximate surface area is 102 Å². The third kappa shape index (κ3) is 4.42. The van der Waals surface area contributed by atoms with Crippen molar-refractivity contribution in [2.45, 2.75) is 27.2 Å². The summed E-state index contributed by atoms with van der Waals surface area (Å²) >= 11 is 0. The van der Waals surface area contributed by atoms with E-state index in [1.165, 1.54) is 0 Å². The normalized spacial score (nSPS) is 12.0. The molecule has 0 radical (unpaired) electrons. The predicted octanol–water partition coefficient (Wildman–Crippen LogP) is 1.77. The van der Waals surface area contributed by atoms with Crippen LogP contribution in [-0.2, 0) is 0 Å².